The first-order chi connectivity index (χ1) is 9.06. The summed E-state index contributed by atoms with van der Waals surface area (Å²) in [5.41, 5.74) is 1.23. The lowest BCUT2D eigenvalue weighted by Crippen LogP contribution is -2.02. The molecule has 0 saturated heterocycles. The second-order valence-electron chi connectivity index (χ2n) is 3.94. The molecule has 6 heteroatoms. The molecule has 0 fully saturated rings. The Morgan fingerprint density at radius 1 is 1.26 bits per heavy atom. The van der Waals surface area contributed by atoms with Gasteiger partial charge in [0.05, 0.1) is 11.0 Å². The van der Waals surface area contributed by atoms with Crippen LogP contribution in [0.4, 0.5) is 11.4 Å². The van der Waals surface area contributed by atoms with Gasteiger partial charge in [-0.25, -0.2) is 0 Å². The van der Waals surface area contributed by atoms with E-state index in [9.17, 15) is 15.2 Å². The standard InChI is InChI=1S/C13H11BrN2O3/c14-10-3-1-2-9(6-10)8-15-12-5-4-11(17)7-13(12)16(18)19/h1-7,15,17H,8H2. The van der Waals surface area contributed by atoms with E-state index in [0.717, 1.165) is 16.1 Å². The van der Waals surface area contributed by atoms with E-state index in [0.29, 0.717) is 12.2 Å². The van der Waals surface area contributed by atoms with E-state index in [-0.39, 0.29) is 11.4 Å². The normalized spacial score (nSPS) is 10.2. The zero-order valence-corrected chi connectivity index (χ0v) is 11.4. The third kappa shape index (κ3) is 3.45. The van der Waals surface area contributed by atoms with Crippen LogP contribution in [0.25, 0.3) is 0 Å². The van der Waals surface area contributed by atoms with Crippen LogP contribution in [0.2, 0.25) is 0 Å². The maximum Gasteiger partial charge on any atom is 0.296 e. The summed E-state index contributed by atoms with van der Waals surface area (Å²) in [5, 5.41) is 23.1. The molecule has 2 N–H and O–H groups in total. The Labute approximate surface area is 118 Å². The van der Waals surface area contributed by atoms with Crippen LogP contribution >= 0.6 is 15.9 Å². The molecular formula is C13H11BrN2O3. The molecule has 0 aliphatic carbocycles. The van der Waals surface area contributed by atoms with Crippen molar-refractivity contribution in [3.05, 3.63) is 62.6 Å². The van der Waals surface area contributed by atoms with Crippen molar-refractivity contribution in [1.29, 1.82) is 0 Å². The summed E-state index contributed by atoms with van der Waals surface area (Å²) >= 11 is 3.37. The molecule has 0 heterocycles. The van der Waals surface area contributed by atoms with Gasteiger partial charge in [-0.2, -0.15) is 0 Å². The summed E-state index contributed by atoms with van der Waals surface area (Å²) in [6, 6.07) is 11.7. The average molecular weight is 323 g/mol. The molecule has 0 spiro atoms. The van der Waals surface area contributed by atoms with Gasteiger partial charge >= 0.3 is 0 Å². The van der Waals surface area contributed by atoms with Gasteiger partial charge in [0.15, 0.2) is 0 Å². The summed E-state index contributed by atoms with van der Waals surface area (Å²) in [6.45, 7) is 0.463. The van der Waals surface area contributed by atoms with Crippen molar-refractivity contribution >= 4 is 27.3 Å². The zero-order chi connectivity index (χ0) is 13.8. The highest BCUT2D eigenvalue weighted by molar-refractivity contribution is 9.10. The second kappa shape index (κ2) is 5.71. The molecule has 98 valence electrons. The molecule has 0 radical (unpaired) electrons. The van der Waals surface area contributed by atoms with Crippen LogP contribution in [0, 0.1) is 10.1 Å². The van der Waals surface area contributed by atoms with Crippen molar-refractivity contribution in [2.24, 2.45) is 0 Å². The molecule has 2 aromatic carbocycles. The number of anilines is 1. The molecule has 0 aliphatic rings. The lowest BCUT2D eigenvalue weighted by molar-refractivity contribution is -0.384. The van der Waals surface area contributed by atoms with Gasteiger partial charge in [-0.15, -0.1) is 0 Å². The monoisotopic (exact) mass is 322 g/mol. The Bertz CT molecular complexity index is 617. The number of phenols is 1. The second-order valence-corrected chi connectivity index (χ2v) is 4.86. The summed E-state index contributed by atoms with van der Waals surface area (Å²) in [6.07, 6.45) is 0. The van der Waals surface area contributed by atoms with Crippen LogP contribution in [0.1, 0.15) is 5.56 Å². The number of nitro benzene ring substituents is 1. The van der Waals surface area contributed by atoms with Crippen molar-refractivity contribution in [2.45, 2.75) is 6.54 Å². The van der Waals surface area contributed by atoms with E-state index in [1.165, 1.54) is 12.1 Å². The third-order valence-electron chi connectivity index (χ3n) is 2.55. The molecule has 0 aliphatic heterocycles. The number of nitrogens with one attached hydrogen (secondary N) is 1. The Hall–Kier alpha value is -2.08. The molecule has 5 nitrogen and oxygen atoms in total. The fourth-order valence-corrected chi connectivity index (χ4v) is 2.11. The van der Waals surface area contributed by atoms with Gasteiger partial charge in [0.2, 0.25) is 0 Å². The van der Waals surface area contributed by atoms with Crippen LogP contribution in [-0.2, 0) is 6.54 Å². The Balaban J connectivity index is 2.17. The van der Waals surface area contributed by atoms with Gasteiger partial charge in [0, 0.05) is 11.0 Å². The number of rotatable bonds is 4. The molecule has 0 aromatic heterocycles. The van der Waals surface area contributed by atoms with Crippen LogP contribution < -0.4 is 5.32 Å². The predicted molar refractivity (Wildman–Crippen MR) is 76.2 cm³/mol. The van der Waals surface area contributed by atoms with E-state index >= 15 is 0 Å². The first kappa shape index (κ1) is 13.4. The van der Waals surface area contributed by atoms with E-state index in [2.05, 4.69) is 21.2 Å². The minimum absolute atomic E-state index is 0.125. The molecule has 19 heavy (non-hydrogen) atoms. The largest absolute Gasteiger partial charge is 0.508 e. The van der Waals surface area contributed by atoms with Gasteiger partial charge < -0.3 is 10.4 Å². The zero-order valence-electron chi connectivity index (χ0n) is 9.84. The first-order valence-electron chi connectivity index (χ1n) is 5.52. The maximum atomic E-state index is 10.9. The van der Waals surface area contributed by atoms with Gasteiger partial charge in [-0.1, -0.05) is 28.1 Å². The van der Waals surface area contributed by atoms with E-state index < -0.39 is 4.92 Å². The van der Waals surface area contributed by atoms with Gasteiger partial charge in [-0.3, -0.25) is 10.1 Å². The Morgan fingerprint density at radius 3 is 2.74 bits per heavy atom. The number of aromatic hydroxyl groups is 1. The minimum Gasteiger partial charge on any atom is -0.508 e. The molecule has 0 saturated carbocycles. The van der Waals surface area contributed by atoms with Crippen LogP contribution in [0.3, 0.4) is 0 Å². The van der Waals surface area contributed by atoms with Gasteiger partial charge in [0.1, 0.15) is 11.4 Å². The molecule has 0 amide bonds. The van der Waals surface area contributed by atoms with Crippen LogP contribution in [0.15, 0.2) is 46.9 Å². The quantitative estimate of drug-likeness (QED) is 0.511. The number of hydrogen-bond donors (Lipinski definition) is 2. The Kier molecular flexibility index (Phi) is 4.01. The average Bonchev–Trinajstić information content (AvgIpc) is 2.37. The number of hydrogen-bond acceptors (Lipinski definition) is 4. The summed E-state index contributed by atoms with van der Waals surface area (Å²) in [4.78, 5) is 10.4. The summed E-state index contributed by atoms with van der Waals surface area (Å²) in [5.74, 6) is -0.125. The molecule has 0 bridgehead atoms. The number of phenolic OH excluding ortho intramolecular Hbond substituents is 1. The van der Waals surface area contributed by atoms with E-state index in [1.807, 2.05) is 24.3 Å². The SMILES string of the molecule is O=[N+]([O-])c1cc(O)ccc1NCc1cccc(Br)c1. The van der Waals surface area contributed by atoms with Crippen molar-refractivity contribution < 1.29 is 10.0 Å². The van der Waals surface area contributed by atoms with E-state index in [1.54, 1.807) is 0 Å². The predicted octanol–water partition coefficient (Wildman–Crippen LogP) is 3.68. The lowest BCUT2D eigenvalue weighted by Gasteiger charge is -2.07. The molecule has 2 aromatic rings. The summed E-state index contributed by atoms with van der Waals surface area (Å²) in [7, 11) is 0. The number of benzene rings is 2. The highest BCUT2D eigenvalue weighted by Gasteiger charge is 2.14. The topological polar surface area (TPSA) is 75.4 Å². The van der Waals surface area contributed by atoms with Crippen molar-refractivity contribution in [3.8, 4) is 5.75 Å². The molecule has 0 unspecified atom stereocenters. The highest BCUT2D eigenvalue weighted by atomic mass is 79.9. The smallest absolute Gasteiger partial charge is 0.296 e. The Morgan fingerprint density at radius 2 is 2.05 bits per heavy atom. The van der Waals surface area contributed by atoms with Crippen molar-refractivity contribution in [2.75, 3.05) is 5.32 Å². The van der Waals surface area contributed by atoms with Crippen molar-refractivity contribution in [3.63, 3.8) is 0 Å². The van der Waals surface area contributed by atoms with Crippen molar-refractivity contribution in [1.82, 2.24) is 0 Å². The number of nitrogens with zero attached hydrogens (tertiary/aromatic N) is 1. The molecule has 0 atom stereocenters. The van der Waals surface area contributed by atoms with Crippen LogP contribution in [0.5, 0.6) is 5.75 Å². The molecular weight excluding hydrogens is 312 g/mol. The van der Waals surface area contributed by atoms with Gasteiger partial charge in [-0.05, 0) is 29.8 Å². The van der Waals surface area contributed by atoms with E-state index in [4.69, 9.17) is 0 Å². The fraction of sp³-hybridized carbons (Fsp3) is 0.0769. The maximum absolute atomic E-state index is 10.9. The minimum atomic E-state index is -0.525. The number of halogens is 1. The lowest BCUT2D eigenvalue weighted by atomic mass is 10.2. The third-order valence-corrected chi connectivity index (χ3v) is 3.04. The number of nitro groups is 1. The fourth-order valence-electron chi connectivity index (χ4n) is 1.66. The molecule has 2 rings (SSSR count). The highest BCUT2D eigenvalue weighted by Crippen LogP contribution is 2.28. The van der Waals surface area contributed by atoms with Gasteiger partial charge in [0.25, 0.3) is 5.69 Å². The van der Waals surface area contributed by atoms with Crippen LogP contribution in [-0.4, -0.2) is 10.0 Å². The first-order valence-corrected chi connectivity index (χ1v) is 6.31. The summed E-state index contributed by atoms with van der Waals surface area (Å²) < 4.78 is 0.951.